The molecule has 0 aromatic carbocycles. The van der Waals surface area contributed by atoms with Crippen molar-refractivity contribution >= 4 is 17.9 Å². The van der Waals surface area contributed by atoms with Crippen molar-refractivity contribution in [1.82, 2.24) is 0 Å². The molecule has 0 bridgehead atoms. The van der Waals surface area contributed by atoms with E-state index in [1.807, 2.05) is 6.92 Å². The highest BCUT2D eigenvalue weighted by atomic mass is 16.5. The summed E-state index contributed by atoms with van der Waals surface area (Å²) in [5.41, 5.74) is -1.16. The maximum atomic E-state index is 10.9. The summed E-state index contributed by atoms with van der Waals surface area (Å²) >= 11 is 0. The first-order chi connectivity index (χ1) is 19.7. The lowest BCUT2D eigenvalue weighted by Crippen LogP contribution is -2.36. The van der Waals surface area contributed by atoms with Crippen LogP contribution in [0.15, 0.2) is 12.2 Å². The molecule has 0 rings (SSSR count). The molecule has 0 aromatic rings. The fourth-order valence-electron chi connectivity index (χ4n) is 3.87. The maximum Gasteiger partial charge on any atom is 0.316 e. The van der Waals surface area contributed by atoms with E-state index in [9.17, 15) is 14.4 Å². The molecule has 1 atom stereocenters. The van der Waals surface area contributed by atoms with Gasteiger partial charge in [0, 0.05) is 6.42 Å². The molecule has 0 aliphatic carbocycles. The van der Waals surface area contributed by atoms with Gasteiger partial charge in [-0.3, -0.25) is 14.4 Å². The first kappa shape index (κ1) is 43.5. The second-order valence-corrected chi connectivity index (χ2v) is 10.7. The fourth-order valence-corrected chi connectivity index (χ4v) is 3.87. The van der Waals surface area contributed by atoms with Crippen molar-refractivity contribution in [3.05, 3.63) is 12.2 Å². The summed E-state index contributed by atoms with van der Waals surface area (Å²) < 4.78 is 13.6. The molecule has 0 saturated heterocycles. The second kappa shape index (κ2) is 32.6. The number of aliphatic hydroxyl groups is 2. The molecule has 0 heterocycles. The van der Waals surface area contributed by atoms with Gasteiger partial charge in [0.1, 0.15) is 5.41 Å². The van der Waals surface area contributed by atoms with Crippen molar-refractivity contribution in [2.75, 3.05) is 34.5 Å². The van der Waals surface area contributed by atoms with Crippen LogP contribution in [0.2, 0.25) is 0 Å². The van der Waals surface area contributed by atoms with Crippen LogP contribution in [0.4, 0.5) is 0 Å². The number of unbranched alkanes of at least 4 members (excludes halogenated alkanes) is 11. The second-order valence-electron chi connectivity index (χ2n) is 10.7. The van der Waals surface area contributed by atoms with Crippen molar-refractivity contribution < 1.29 is 38.8 Å². The number of carbonyl (C=O) groups is 3. The Hall–Kier alpha value is -1.93. The van der Waals surface area contributed by atoms with Crippen molar-refractivity contribution in [3.63, 3.8) is 0 Å². The molecule has 1 unspecified atom stereocenters. The van der Waals surface area contributed by atoms with Gasteiger partial charge in [0.15, 0.2) is 0 Å². The van der Waals surface area contributed by atoms with Crippen LogP contribution in [0, 0.1) is 11.3 Å². The smallest absolute Gasteiger partial charge is 0.316 e. The molecule has 0 aromatic heterocycles. The summed E-state index contributed by atoms with van der Waals surface area (Å²) in [5, 5.41) is 17.3. The number of hydrogen-bond acceptors (Lipinski definition) is 8. The molecule has 41 heavy (non-hydrogen) atoms. The Labute approximate surface area is 251 Å². The highest BCUT2D eigenvalue weighted by Gasteiger charge is 2.32. The van der Waals surface area contributed by atoms with Gasteiger partial charge < -0.3 is 24.4 Å². The van der Waals surface area contributed by atoms with Gasteiger partial charge >= 0.3 is 17.9 Å². The Morgan fingerprint density at radius 3 is 1.54 bits per heavy atom. The maximum absolute atomic E-state index is 10.9. The Bertz CT molecular complexity index is 629. The van der Waals surface area contributed by atoms with E-state index < -0.39 is 24.6 Å². The lowest BCUT2D eigenvalue weighted by molar-refractivity contribution is -0.156. The molecule has 0 radical (unpaired) electrons. The van der Waals surface area contributed by atoms with E-state index in [1.165, 1.54) is 98.9 Å². The molecular formula is C33H64O8. The predicted molar refractivity (Wildman–Crippen MR) is 166 cm³/mol. The van der Waals surface area contributed by atoms with Crippen molar-refractivity contribution in [2.45, 2.75) is 137 Å². The molecule has 8 nitrogen and oxygen atoms in total. The number of esters is 3. The van der Waals surface area contributed by atoms with Crippen LogP contribution in [-0.2, 0) is 28.6 Å². The SMILES string of the molecule is CCCC(CC)C(=O)OC.CCCCCCCC/C=C\CCCCCCCC(=O)OC.COC(=O)C(C)(CO)CO. The normalized spacial score (nSPS) is 11.5. The zero-order valence-corrected chi connectivity index (χ0v) is 27.5. The number of methoxy groups -OCH3 is 3. The van der Waals surface area contributed by atoms with Crippen LogP contribution in [0.1, 0.15) is 137 Å². The van der Waals surface area contributed by atoms with Crippen LogP contribution >= 0.6 is 0 Å². The van der Waals surface area contributed by atoms with Gasteiger partial charge in [-0.05, 0) is 51.9 Å². The molecule has 0 saturated carbocycles. The fraction of sp³-hybridized carbons (Fsp3) is 0.848. The zero-order chi connectivity index (χ0) is 31.8. The third-order valence-electron chi connectivity index (χ3n) is 6.91. The van der Waals surface area contributed by atoms with Crippen LogP contribution < -0.4 is 0 Å². The van der Waals surface area contributed by atoms with Gasteiger partial charge in [0.05, 0.1) is 40.5 Å². The topological polar surface area (TPSA) is 119 Å². The molecule has 0 aliphatic rings. The minimum Gasteiger partial charge on any atom is -0.469 e. The van der Waals surface area contributed by atoms with E-state index in [1.54, 1.807) is 0 Å². The van der Waals surface area contributed by atoms with Gasteiger partial charge in [-0.1, -0.05) is 90.7 Å². The molecule has 0 amide bonds. The van der Waals surface area contributed by atoms with Gasteiger partial charge in [-0.25, -0.2) is 0 Å². The minimum atomic E-state index is -1.16. The molecule has 244 valence electrons. The molecular weight excluding hydrogens is 524 g/mol. The van der Waals surface area contributed by atoms with Crippen LogP contribution in [0.3, 0.4) is 0 Å². The summed E-state index contributed by atoms with van der Waals surface area (Å²) in [7, 11) is 4.12. The van der Waals surface area contributed by atoms with Gasteiger partial charge in [0.2, 0.25) is 0 Å². The summed E-state index contributed by atoms with van der Waals surface area (Å²) in [6, 6.07) is 0. The van der Waals surface area contributed by atoms with E-state index in [-0.39, 0.29) is 17.9 Å². The van der Waals surface area contributed by atoms with Gasteiger partial charge in [0.25, 0.3) is 0 Å². The average molecular weight is 589 g/mol. The Balaban J connectivity index is -0.000000601. The Morgan fingerprint density at radius 2 is 1.17 bits per heavy atom. The summed E-state index contributed by atoms with van der Waals surface area (Å²) in [5.74, 6) is -0.621. The van der Waals surface area contributed by atoms with Crippen molar-refractivity contribution in [1.29, 1.82) is 0 Å². The zero-order valence-electron chi connectivity index (χ0n) is 27.5. The third-order valence-corrected chi connectivity index (χ3v) is 6.91. The first-order valence-corrected chi connectivity index (χ1v) is 15.8. The van der Waals surface area contributed by atoms with E-state index in [0.717, 1.165) is 32.1 Å². The highest BCUT2D eigenvalue weighted by molar-refractivity contribution is 5.76. The van der Waals surface area contributed by atoms with Crippen LogP contribution in [0.5, 0.6) is 0 Å². The molecule has 0 aliphatic heterocycles. The lowest BCUT2D eigenvalue weighted by atomic mass is 9.93. The Morgan fingerprint density at radius 1 is 0.683 bits per heavy atom. The average Bonchev–Trinajstić information content (AvgIpc) is 3.00. The first-order valence-electron chi connectivity index (χ1n) is 15.8. The van der Waals surface area contributed by atoms with E-state index in [0.29, 0.717) is 6.42 Å². The third kappa shape index (κ3) is 28.0. The molecule has 2 N–H and O–H groups in total. The molecule has 8 heteroatoms. The largest absolute Gasteiger partial charge is 0.469 e. The number of carbonyl (C=O) groups excluding carboxylic acids is 3. The van der Waals surface area contributed by atoms with E-state index in [4.69, 9.17) is 10.2 Å². The van der Waals surface area contributed by atoms with Crippen LogP contribution in [0.25, 0.3) is 0 Å². The number of aliphatic hydroxyl groups excluding tert-OH is 2. The quantitative estimate of drug-likeness (QED) is 0.0584. The lowest BCUT2D eigenvalue weighted by Gasteiger charge is -2.20. The summed E-state index contributed by atoms with van der Waals surface area (Å²) in [6.07, 6.45) is 24.9. The highest BCUT2D eigenvalue weighted by Crippen LogP contribution is 2.15. The van der Waals surface area contributed by atoms with Gasteiger partial charge in [-0.2, -0.15) is 0 Å². The monoisotopic (exact) mass is 588 g/mol. The number of allylic oxidation sites excluding steroid dienone is 2. The summed E-state index contributed by atoms with van der Waals surface area (Å²) in [6.45, 7) is 6.97. The van der Waals surface area contributed by atoms with E-state index >= 15 is 0 Å². The number of hydrogen-bond donors (Lipinski definition) is 2. The standard InChI is InChI=1S/C19H36O2.C8H16O2.C6H12O4/c1-3-4-5-6-7-8-9-10-11-12-13-14-15-16-17-18-19(20)21-2;1-4-6-7(5-2)8(9)10-3;1-6(3-7,4-8)5(9)10-2/h10-11H,3-9,12-18H2,1-2H3;7H,4-6H2,1-3H3;7-8H,3-4H2,1-2H3/b11-10-;;. The summed E-state index contributed by atoms with van der Waals surface area (Å²) in [4.78, 5) is 32.6. The Kier molecular flexibility index (Phi) is 34.6. The number of ether oxygens (including phenoxy) is 3. The number of rotatable bonds is 22. The molecule has 0 fully saturated rings. The molecule has 0 spiro atoms. The van der Waals surface area contributed by atoms with E-state index in [2.05, 4.69) is 40.2 Å². The predicted octanol–water partition coefficient (Wildman–Crippen LogP) is 7.33. The van der Waals surface area contributed by atoms with Crippen molar-refractivity contribution in [2.24, 2.45) is 11.3 Å². The minimum absolute atomic E-state index is 0.0654. The van der Waals surface area contributed by atoms with Crippen molar-refractivity contribution in [3.8, 4) is 0 Å². The van der Waals surface area contributed by atoms with Crippen LogP contribution in [-0.4, -0.2) is 62.7 Å². The van der Waals surface area contributed by atoms with Gasteiger partial charge in [-0.15, -0.1) is 0 Å².